The molecule has 3 heteroatoms. The summed E-state index contributed by atoms with van der Waals surface area (Å²) in [6, 6.07) is 8.94. The molecule has 0 heterocycles. The third kappa shape index (κ3) is 2.95. The molecular weight excluding hydrogens is 474 g/mol. The topological polar surface area (TPSA) is 0 Å². The van der Waals surface area contributed by atoms with Crippen molar-refractivity contribution in [2.24, 2.45) is 0 Å². The van der Waals surface area contributed by atoms with E-state index in [0.29, 0.717) is 0 Å². The fourth-order valence-electron chi connectivity index (χ4n) is 6.03. The molecule has 0 bridgehead atoms. The number of benzene rings is 2. The van der Waals surface area contributed by atoms with Crippen molar-refractivity contribution in [1.29, 1.82) is 0 Å². The number of hydrogen-bond acceptors (Lipinski definition) is 0. The molecule has 0 radical (unpaired) electrons. The van der Waals surface area contributed by atoms with Crippen LogP contribution in [-0.2, 0) is 16.4 Å². The van der Waals surface area contributed by atoms with Gasteiger partial charge in [-0.2, -0.15) is 0 Å². The van der Waals surface area contributed by atoms with Crippen LogP contribution < -0.4 is 0 Å². The van der Waals surface area contributed by atoms with E-state index in [1.807, 2.05) is 0 Å². The Hall–Kier alpha value is -0.617. The van der Waals surface area contributed by atoms with Crippen LogP contribution >= 0.6 is 17.0 Å². The molecule has 0 N–H and O–H groups in total. The van der Waals surface area contributed by atoms with Crippen molar-refractivity contribution in [2.75, 3.05) is 0 Å². The predicted molar refractivity (Wildman–Crippen MR) is 127 cm³/mol. The summed E-state index contributed by atoms with van der Waals surface area (Å²) >= 11 is -4.45. The molecule has 0 saturated heterocycles. The van der Waals surface area contributed by atoms with Gasteiger partial charge in [0.1, 0.15) is 0 Å². The van der Waals surface area contributed by atoms with Crippen molar-refractivity contribution in [2.45, 2.75) is 59.8 Å². The van der Waals surface area contributed by atoms with Crippen LogP contribution in [0.2, 0.25) is 4.13 Å². The van der Waals surface area contributed by atoms with E-state index in [9.17, 15) is 0 Å². The molecule has 0 nitrogen and oxygen atoms in total. The molecule has 0 spiro atoms. The molecule has 2 aliphatic carbocycles. The van der Waals surface area contributed by atoms with Gasteiger partial charge in [-0.1, -0.05) is 0 Å². The van der Waals surface area contributed by atoms with Gasteiger partial charge in [0.15, 0.2) is 0 Å². The van der Waals surface area contributed by atoms with Crippen molar-refractivity contribution < 1.29 is 16.4 Å². The molecule has 29 heavy (non-hydrogen) atoms. The molecule has 153 valence electrons. The first-order valence-corrected chi connectivity index (χ1v) is 21.6. The molecule has 0 saturated carbocycles. The van der Waals surface area contributed by atoms with Crippen LogP contribution in [0.3, 0.4) is 0 Å². The van der Waals surface area contributed by atoms with Gasteiger partial charge in [-0.05, 0) is 0 Å². The Morgan fingerprint density at radius 1 is 0.655 bits per heavy atom. The Morgan fingerprint density at radius 2 is 1.00 bits per heavy atom. The molecule has 2 unspecified atom stereocenters. The third-order valence-corrected chi connectivity index (χ3v) is 28.6. The van der Waals surface area contributed by atoms with Crippen LogP contribution in [0.4, 0.5) is 0 Å². The molecule has 2 aromatic rings. The quantitative estimate of drug-likeness (QED) is 0.390. The fraction of sp³-hybridized carbons (Fsp3) is 0.385. The van der Waals surface area contributed by atoms with Crippen molar-refractivity contribution >= 4 is 29.2 Å². The van der Waals surface area contributed by atoms with Crippen LogP contribution in [0.1, 0.15) is 72.5 Å². The molecule has 4 rings (SSSR count). The normalized spacial score (nSPS) is 21.9. The number of hydrogen-bond donors (Lipinski definition) is 0. The van der Waals surface area contributed by atoms with E-state index in [1.54, 1.807) is 0 Å². The van der Waals surface area contributed by atoms with E-state index in [1.165, 1.54) is 55.7 Å². The Labute approximate surface area is 184 Å². The maximum absolute atomic E-state index is 7.98. The van der Waals surface area contributed by atoms with Gasteiger partial charge < -0.3 is 0 Å². The van der Waals surface area contributed by atoms with E-state index < -0.39 is 16.4 Å². The van der Waals surface area contributed by atoms with Gasteiger partial charge in [-0.15, -0.1) is 0 Å². The maximum atomic E-state index is 7.98. The minimum absolute atomic E-state index is 0.166. The van der Waals surface area contributed by atoms with Crippen molar-refractivity contribution in [3.63, 3.8) is 0 Å². The van der Waals surface area contributed by atoms with Crippen LogP contribution in [0.25, 0.3) is 12.2 Å². The van der Waals surface area contributed by atoms with E-state index in [-0.39, 0.29) is 7.25 Å². The van der Waals surface area contributed by atoms with Gasteiger partial charge in [0.2, 0.25) is 0 Å². The molecule has 0 aliphatic heterocycles. The zero-order chi connectivity index (χ0) is 21.3. The first-order valence-electron chi connectivity index (χ1n) is 10.6. The first-order chi connectivity index (χ1) is 13.5. The Bertz CT molecular complexity index is 1020. The molecular formula is C26H31Cl2Zr. The summed E-state index contributed by atoms with van der Waals surface area (Å²) in [5.74, 6) is 0. The standard InChI is InChI=1S/2C12H13.C2H5.2ClH.Zr/c2*1-8-6-11-9(2)4-5-10(3)12(11)7-8;1-2;;;/h2*4-7H,1-3H3;1H2,2H3;2*1H;/q;;;;;+2/p-2. The number of rotatable bonds is 3. The summed E-state index contributed by atoms with van der Waals surface area (Å²) in [5, 5.41) is 0. The summed E-state index contributed by atoms with van der Waals surface area (Å²) in [6.07, 6.45) is 4.71. The van der Waals surface area contributed by atoms with Crippen molar-refractivity contribution in [3.05, 3.63) is 79.9 Å². The second kappa shape index (κ2) is 6.95. The number of allylic oxidation sites excluding steroid dienone is 2. The Kier molecular flexibility index (Phi) is 5.18. The summed E-state index contributed by atoms with van der Waals surface area (Å²) < 4.78 is 1.20. The third-order valence-electron chi connectivity index (χ3n) is 7.53. The average Bonchev–Trinajstić information content (AvgIpc) is 3.21. The summed E-state index contributed by atoms with van der Waals surface area (Å²) in [6.45, 7) is 15.6. The molecule has 2 atom stereocenters. The van der Waals surface area contributed by atoms with Crippen molar-refractivity contribution in [3.8, 4) is 0 Å². The van der Waals surface area contributed by atoms with E-state index in [0.717, 1.165) is 4.13 Å². The molecule has 2 aliphatic rings. The van der Waals surface area contributed by atoms with Gasteiger partial charge in [0.05, 0.1) is 0 Å². The predicted octanol–water partition coefficient (Wildman–Crippen LogP) is 8.97. The van der Waals surface area contributed by atoms with Gasteiger partial charge in [-0.25, -0.2) is 0 Å². The SMILES string of the molecule is C[CH2][Zr]([Cl])([Cl])([CH]1C(C)=Cc2c(C)ccc(C)c21)[CH]1C(C)=Cc2c(C)ccc(C)c21. The zero-order valence-electron chi connectivity index (χ0n) is 18.6. The summed E-state index contributed by atoms with van der Waals surface area (Å²) in [4.78, 5) is 0. The Balaban J connectivity index is 2.03. The van der Waals surface area contributed by atoms with E-state index >= 15 is 0 Å². The van der Waals surface area contributed by atoms with Gasteiger partial charge in [0.25, 0.3) is 0 Å². The number of fused-ring (bicyclic) bond motifs is 2. The van der Waals surface area contributed by atoms with Crippen LogP contribution in [0, 0.1) is 27.7 Å². The molecule has 0 amide bonds. The number of halogens is 2. The molecule has 2 aromatic carbocycles. The number of aryl methyl sites for hydroxylation is 4. The van der Waals surface area contributed by atoms with Crippen LogP contribution in [-0.4, -0.2) is 0 Å². The Morgan fingerprint density at radius 3 is 1.34 bits per heavy atom. The summed E-state index contributed by atoms with van der Waals surface area (Å²) in [5.41, 5.74) is 13.5. The zero-order valence-corrected chi connectivity index (χ0v) is 22.6. The van der Waals surface area contributed by atoms with E-state index in [2.05, 4.69) is 84.9 Å². The fourth-order valence-corrected chi connectivity index (χ4v) is 25.3. The van der Waals surface area contributed by atoms with Gasteiger partial charge in [-0.3, -0.25) is 0 Å². The molecule has 0 aromatic heterocycles. The second-order valence-electron chi connectivity index (χ2n) is 9.40. The van der Waals surface area contributed by atoms with Crippen molar-refractivity contribution in [1.82, 2.24) is 0 Å². The monoisotopic (exact) mass is 503 g/mol. The second-order valence-corrected chi connectivity index (χ2v) is 32.3. The minimum atomic E-state index is -4.45. The van der Waals surface area contributed by atoms with Gasteiger partial charge in [0, 0.05) is 0 Å². The molecule has 0 fully saturated rings. The van der Waals surface area contributed by atoms with Crippen LogP contribution in [0.5, 0.6) is 0 Å². The summed E-state index contributed by atoms with van der Waals surface area (Å²) in [7, 11) is 16.0. The average molecular weight is 506 g/mol. The van der Waals surface area contributed by atoms with E-state index in [4.69, 9.17) is 17.0 Å². The van der Waals surface area contributed by atoms with Gasteiger partial charge >= 0.3 is 185 Å². The first kappa shape index (κ1) is 21.6. The van der Waals surface area contributed by atoms with Crippen LogP contribution in [0.15, 0.2) is 35.4 Å².